The van der Waals surface area contributed by atoms with E-state index in [1.54, 1.807) is 12.2 Å². The summed E-state index contributed by atoms with van der Waals surface area (Å²) in [5.74, 6) is -0.508. The van der Waals surface area contributed by atoms with Gasteiger partial charge in [-0.15, -0.1) is 0 Å². The molecule has 7 heteroatoms. The highest BCUT2D eigenvalue weighted by Crippen LogP contribution is 2.42. The van der Waals surface area contributed by atoms with Gasteiger partial charge >= 0.3 is 11.9 Å². The van der Waals surface area contributed by atoms with Gasteiger partial charge in [0.05, 0.1) is 18.9 Å². The summed E-state index contributed by atoms with van der Waals surface area (Å²) in [5.41, 5.74) is -0.371. The third-order valence-corrected chi connectivity index (χ3v) is 6.82. The van der Waals surface area contributed by atoms with Crippen LogP contribution in [0.5, 0.6) is 0 Å². The number of esters is 2. The van der Waals surface area contributed by atoms with Crippen molar-refractivity contribution in [3.63, 3.8) is 0 Å². The molecular formula is C27H46N2O5. The Hall–Kier alpha value is -1.70. The van der Waals surface area contributed by atoms with E-state index in [-0.39, 0.29) is 55.1 Å². The van der Waals surface area contributed by atoms with Gasteiger partial charge in [0.25, 0.3) is 0 Å². The lowest BCUT2D eigenvalue weighted by Crippen LogP contribution is -2.65. The third-order valence-electron chi connectivity index (χ3n) is 6.82. The number of ether oxygens (including phenoxy) is 2. The van der Waals surface area contributed by atoms with Gasteiger partial charge in [-0.3, -0.25) is 19.3 Å². The smallest absolute Gasteiger partial charge is 0.307 e. The molecule has 0 aromatic heterocycles. The van der Waals surface area contributed by atoms with Crippen LogP contribution in [0.4, 0.5) is 0 Å². The molecule has 0 N–H and O–H groups in total. The normalized spacial score (nSPS) is 21.2. The highest BCUT2D eigenvalue weighted by molar-refractivity contribution is 5.70. The number of carbonyl (C=O) groups is 2. The van der Waals surface area contributed by atoms with Crippen molar-refractivity contribution in [3.05, 3.63) is 25.3 Å². The molecule has 2 rings (SSSR count). The maximum atomic E-state index is 12.2. The van der Waals surface area contributed by atoms with E-state index in [0.29, 0.717) is 19.2 Å². The van der Waals surface area contributed by atoms with Gasteiger partial charge in [-0.2, -0.15) is 5.06 Å². The molecule has 1 saturated carbocycles. The van der Waals surface area contributed by atoms with Crippen molar-refractivity contribution in [3.8, 4) is 0 Å². The number of hydrogen-bond acceptors (Lipinski definition) is 7. The Morgan fingerprint density at radius 3 is 1.79 bits per heavy atom. The molecule has 0 atom stereocenters. The molecule has 0 bridgehead atoms. The number of rotatable bonds is 13. The largest absolute Gasteiger partial charge is 0.461 e. The van der Waals surface area contributed by atoms with Crippen LogP contribution in [0.3, 0.4) is 0 Å². The lowest BCUT2D eigenvalue weighted by molar-refractivity contribution is -0.314. The lowest BCUT2D eigenvalue weighted by atomic mass is 9.78. The monoisotopic (exact) mass is 478 g/mol. The molecule has 2 fully saturated rings. The van der Waals surface area contributed by atoms with Crippen molar-refractivity contribution < 1.29 is 23.9 Å². The van der Waals surface area contributed by atoms with E-state index in [2.05, 4.69) is 50.8 Å². The Labute approximate surface area is 206 Å². The number of nitrogens with zero attached hydrogens (tertiary/aromatic N) is 2. The van der Waals surface area contributed by atoms with E-state index in [9.17, 15) is 9.59 Å². The first kappa shape index (κ1) is 28.5. The summed E-state index contributed by atoms with van der Waals surface area (Å²) in [4.78, 5) is 33.2. The Balaban J connectivity index is 2.09. The van der Waals surface area contributed by atoms with Crippen LogP contribution in [-0.2, 0) is 23.9 Å². The Morgan fingerprint density at radius 1 is 0.882 bits per heavy atom. The fourth-order valence-corrected chi connectivity index (χ4v) is 5.47. The Kier molecular flexibility index (Phi) is 11.3. The molecule has 2 aliphatic rings. The van der Waals surface area contributed by atoms with Crippen LogP contribution in [0.25, 0.3) is 0 Å². The average molecular weight is 479 g/mol. The molecule has 1 saturated heterocycles. The van der Waals surface area contributed by atoms with Gasteiger partial charge in [0.2, 0.25) is 0 Å². The molecule has 0 aromatic carbocycles. The van der Waals surface area contributed by atoms with E-state index in [0.717, 1.165) is 25.7 Å². The van der Waals surface area contributed by atoms with Crippen LogP contribution in [0.15, 0.2) is 25.3 Å². The minimum atomic E-state index is -0.254. The van der Waals surface area contributed by atoms with Crippen molar-refractivity contribution in [2.45, 2.75) is 109 Å². The number of hydrogen-bond donors (Lipinski definition) is 0. The van der Waals surface area contributed by atoms with Crippen molar-refractivity contribution in [2.75, 3.05) is 26.3 Å². The number of piperidine rings is 1. The fraction of sp³-hybridized carbons (Fsp3) is 0.778. The van der Waals surface area contributed by atoms with Crippen LogP contribution in [0.1, 0.15) is 85.5 Å². The van der Waals surface area contributed by atoms with Crippen LogP contribution < -0.4 is 0 Å². The van der Waals surface area contributed by atoms with Gasteiger partial charge in [-0.25, -0.2) is 0 Å². The molecule has 0 radical (unpaired) electrons. The van der Waals surface area contributed by atoms with Gasteiger partial charge in [0.15, 0.2) is 0 Å². The first-order valence-electron chi connectivity index (χ1n) is 12.8. The predicted octanol–water partition coefficient (Wildman–Crippen LogP) is 4.81. The van der Waals surface area contributed by atoms with Gasteiger partial charge < -0.3 is 9.47 Å². The van der Waals surface area contributed by atoms with Crippen molar-refractivity contribution in [1.29, 1.82) is 0 Å². The van der Waals surface area contributed by atoms with E-state index in [1.165, 1.54) is 19.3 Å². The molecule has 1 aliphatic carbocycles. The minimum absolute atomic E-state index is 0.186. The topological polar surface area (TPSA) is 68.3 Å². The summed E-state index contributed by atoms with van der Waals surface area (Å²) in [5, 5.41) is 2.24. The maximum absolute atomic E-state index is 12.2. The third kappa shape index (κ3) is 8.82. The molecule has 7 nitrogen and oxygen atoms in total. The minimum Gasteiger partial charge on any atom is -0.461 e. The van der Waals surface area contributed by atoms with E-state index in [4.69, 9.17) is 14.3 Å². The first-order valence-corrected chi connectivity index (χ1v) is 12.8. The van der Waals surface area contributed by atoms with E-state index < -0.39 is 0 Å². The zero-order valence-corrected chi connectivity index (χ0v) is 21.9. The Morgan fingerprint density at radius 2 is 1.35 bits per heavy atom. The SMILES string of the molecule is C=CCOC(=O)CCN(CCC(=O)OCC=C)C1CC(C)(C)N(OC2CCCCC2)C(C)(C)C1. The highest BCUT2D eigenvalue weighted by atomic mass is 16.7. The molecule has 0 unspecified atom stereocenters. The van der Waals surface area contributed by atoms with E-state index >= 15 is 0 Å². The highest BCUT2D eigenvalue weighted by Gasteiger charge is 2.48. The first-order chi connectivity index (χ1) is 16.1. The van der Waals surface area contributed by atoms with Gasteiger partial charge in [-0.1, -0.05) is 44.6 Å². The van der Waals surface area contributed by atoms with Crippen molar-refractivity contribution in [1.82, 2.24) is 9.96 Å². The summed E-state index contributed by atoms with van der Waals surface area (Å²) in [6.07, 6.45) is 11.8. The van der Waals surface area contributed by atoms with Gasteiger partial charge in [0.1, 0.15) is 13.2 Å². The molecule has 0 aromatic rings. The summed E-state index contributed by atoms with van der Waals surface area (Å²) in [7, 11) is 0. The second-order valence-corrected chi connectivity index (χ2v) is 10.8. The quantitative estimate of drug-likeness (QED) is 0.278. The van der Waals surface area contributed by atoms with Crippen LogP contribution >= 0.6 is 0 Å². The van der Waals surface area contributed by atoms with Crippen LogP contribution in [-0.4, -0.2) is 71.4 Å². The zero-order valence-electron chi connectivity index (χ0n) is 21.9. The van der Waals surface area contributed by atoms with Gasteiger partial charge in [0, 0.05) is 30.2 Å². The van der Waals surface area contributed by atoms with Crippen LogP contribution in [0, 0.1) is 0 Å². The van der Waals surface area contributed by atoms with E-state index in [1.807, 2.05) is 0 Å². The van der Waals surface area contributed by atoms with Crippen LogP contribution in [0.2, 0.25) is 0 Å². The lowest BCUT2D eigenvalue weighted by Gasteiger charge is -2.56. The average Bonchev–Trinajstić information content (AvgIpc) is 2.78. The fourth-order valence-electron chi connectivity index (χ4n) is 5.47. The maximum Gasteiger partial charge on any atom is 0.307 e. The standard InChI is InChI=1S/C27H46N2O5/c1-7-18-32-24(30)14-16-28(17-15-25(31)33-19-8-2)22-20-26(3,4)29(27(5,6)21-22)34-23-12-10-9-11-13-23/h7-8,22-23H,1-2,9-21H2,3-6H3. The molecule has 0 amide bonds. The van der Waals surface area contributed by atoms with Crippen molar-refractivity contribution >= 4 is 11.9 Å². The summed E-state index contributed by atoms with van der Waals surface area (Å²) in [6, 6.07) is 0.204. The summed E-state index contributed by atoms with van der Waals surface area (Å²) >= 11 is 0. The van der Waals surface area contributed by atoms with Gasteiger partial charge in [-0.05, 0) is 53.4 Å². The molecule has 0 spiro atoms. The molecular weight excluding hydrogens is 432 g/mol. The number of carbonyl (C=O) groups excluding carboxylic acids is 2. The zero-order chi connectivity index (χ0) is 25.2. The molecule has 34 heavy (non-hydrogen) atoms. The Bertz CT molecular complexity index is 639. The van der Waals surface area contributed by atoms with Crippen molar-refractivity contribution in [2.24, 2.45) is 0 Å². The number of hydroxylamine groups is 2. The summed E-state index contributed by atoms with van der Waals surface area (Å²) < 4.78 is 10.4. The second-order valence-electron chi connectivity index (χ2n) is 10.8. The molecule has 1 heterocycles. The molecule has 1 aliphatic heterocycles. The second kappa shape index (κ2) is 13.4. The predicted molar refractivity (Wildman–Crippen MR) is 134 cm³/mol. The molecule has 194 valence electrons. The summed E-state index contributed by atoms with van der Waals surface area (Å²) in [6.45, 7) is 17.6.